The van der Waals surface area contributed by atoms with E-state index < -0.39 is 12.1 Å². The molecule has 0 aromatic carbocycles. The molecule has 2 amide bonds. The molecule has 1 aliphatic rings. The SMILES string of the molecule is CON(C)C(=O)[C@H](CC1CC1)N(C)C(=O)O. The molecule has 0 bridgehead atoms. The number of carbonyl (C=O) groups excluding carboxylic acids is 1. The highest BCUT2D eigenvalue weighted by atomic mass is 16.7. The van der Waals surface area contributed by atoms with Crippen LogP contribution >= 0.6 is 0 Å². The van der Waals surface area contributed by atoms with Crippen LogP contribution in [0.25, 0.3) is 0 Å². The number of carbonyl (C=O) groups is 2. The quantitative estimate of drug-likeness (QED) is 0.709. The largest absolute Gasteiger partial charge is 0.465 e. The molecule has 0 aliphatic heterocycles. The van der Waals surface area contributed by atoms with Gasteiger partial charge in [0.15, 0.2) is 0 Å². The van der Waals surface area contributed by atoms with Gasteiger partial charge in [-0.15, -0.1) is 0 Å². The summed E-state index contributed by atoms with van der Waals surface area (Å²) in [6.45, 7) is 0. The van der Waals surface area contributed by atoms with Gasteiger partial charge in [-0.2, -0.15) is 0 Å². The number of hydrogen-bond donors (Lipinski definition) is 1. The zero-order chi connectivity index (χ0) is 12.3. The summed E-state index contributed by atoms with van der Waals surface area (Å²) in [4.78, 5) is 28.6. The molecule has 0 unspecified atom stereocenters. The first-order valence-corrected chi connectivity index (χ1v) is 5.24. The van der Waals surface area contributed by atoms with Gasteiger partial charge in [0.1, 0.15) is 6.04 Å². The fraction of sp³-hybridized carbons (Fsp3) is 0.800. The van der Waals surface area contributed by atoms with Crippen molar-refractivity contribution >= 4 is 12.0 Å². The normalized spacial score (nSPS) is 16.7. The van der Waals surface area contributed by atoms with Gasteiger partial charge in [-0.3, -0.25) is 14.5 Å². The van der Waals surface area contributed by atoms with E-state index in [4.69, 9.17) is 9.94 Å². The second-order valence-electron chi connectivity index (χ2n) is 4.11. The van der Waals surface area contributed by atoms with Crippen molar-refractivity contribution in [2.75, 3.05) is 21.2 Å². The Labute approximate surface area is 94.7 Å². The third-order valence-corrected chi connectivity index (χ3v) is 2.89. The number of nitrogens with zero attached hydrogens (tertiary/aromatic N) is 2. The summed E-state index contributed by atoms with van der Waals surface area (Å²) in [5.41, 5.74) is 0. The molecule has 1 atom stereocenters. The Morgan fingerprint density at radius 2 is 2.00 bits per heavy atom. The van der Waals surface area contributed by atoms with E-state index in [1.807, 2.05) is 0 Å². The summed E-state index contributed by atoms with van der Waals surface area (Å²) in [7, 11) is 4.28. The number of carboxylic acid groups (broad SMARTS) is 1. The van der Waals surface area contributed by atoms with E-state index in [-0.39, 0.29) is 5.91 Å². The number of amides is 2. The lowest BCUT2D eigenvalue weighted by molar-refractivity contribution is -0.174. The summed E-state index contributed by atoms with van der Waals surface area (Å²) < 4.78 is 0. The number of rotatable bonds is 5. The van der Waals surface area contributed by atoms with Gasteiger partial charge in [-0.1, -0.05) is 12.8 Å². The standard InChI is InChI=1S/C10H18N2O4/c1-11(10(14)15)8(6-7-4-5-7)9(13)12(2)16-3/h7-8H,4-6H2,1-3H3,(H,14,15)/t8-/m0/s1. The van der Waals surface area contributed by atoms with Crippen LogP contribution in [0.4, 0.5) is 4.79 Å². The van der Waals surface area contributed by atoms with Crippen LogP contribution in [-0.4, -0.2) is 54.3 Å². The maximum absolute atomic E-state index is 11.9. The van der Waals surface area contributed by atoms with Gasteiger partial charge in [0.2, 0.25) is 0 Å². The molecule has 1 N–H and O–H groups in total. The van der Waals surface area contributed by atoms with Crippen molar-refractivity contribution in [2.45, 2.75) is 25.3 Å². The number of likely N-dealkylation sites (N-methyl/N-ethyl adjacent to an activating group) is 2. The van der Waals surface area contributed by atoms with E-state index in [1.54, 1.807) is 0 Å². The van der Waals surface area contributed by atoms with Gasteiger partial charge in [0.25, 0.3) is 5.91 Å². The van der Waals surface area contributed by atoms with Crippen LogP contribution in [-0.2, 0) is 9.63 Å². The molecule has 6 nitrogen and oxygen atoms in total. The van der Waals surface area contributed by atoms with Gasteiger partial charge in [-0.05, 0) is 12.3 Å². The molecule has 0 radical (unpaired) electrons. The zero-order valence-corrected chi connectivity index (χ0v) is 9.84. The molecule has 1 rings (SSSR count). The van der Waals surface area contributed by atoms with Gasteiger partial charge in [-0.25, -0.2) is 9.86 Å². The van der Waals surface area contributed by atoms with Crippen molar-refractivity contribution in [3.8, 4) is 0 Å². The molecule has 16 heavy (non-hydrogen) atoms. The van der Waals surface area contributed by atoms with Crippen molar-refractivity contribution in [1.82, 2.24) is 9.96 Å². The number of hydroxylamine groups is 2. The highest BCUT2D eigenvalue weighted by Gasteiger charge is 2.35. The minimum atomic E-state index is -1.09. The highest BCUT2D eigenvalue weighted by molar-refractivity contribution is 5.84. The molecule has 1 saturated carbocycles. The first kappa shape index (κ1) is 12.8. The molecule has 6 heteroatoms. The Hall–Kier alpha value is -1.30. The lowest BCUT2D eigenvalue weighted by Crippen LogP contribution is -2.47. The lowest BCUT2D eigenvalue weighted by atomic mass is 10.1. The van der Waals surface area contributed by atoms with Crippen molar-refractivity contribution in [1.29, 1.82) is 0 Å². The van der Waals surface area contributed by atoms with Crippen molar-refractivity contribution in [2.24, 2.45) is 5.92 Å². The van der Waals surface area contributed by atoms with E-state index in [1.165, 1.54) is 21.2 Å². The van der Waals surface area contributed by atoms with E-state index in [9.17, 15) is 9.59 Å². The van der Waals surface area contributed by atoms with E-state index in [0.29, 0.717) is 12.3 Å². The van der Waals surface area contributed by atoms with Gasteiger partial charge in [0, 0.05) is 14.1 Å². The van der Waals surface area contributed by atoms with Crippen LogP contribution in [0.5, 0.6) is 0 Å². The molecule has 0 saturated heterocycles. The fourth-order valence-electron chi connectivity index (χ4n) is 1.53. The highest BCUT2D eigenvalue weighted by Crippen LogP contribution is 2.34. The number of hydrogen-bond acceptors (Lipinski definition) is 3. The summed E-state index contributed by atoms with van der Waals surface area (Å²) in [5, 5.41) is 9.98. The maximum Gasteiger partial charge on any atom is 0.407 e. The first-order chi connectivity index (χ1) is 7.47. The first-order valence-electron chi connectivity index (χ1n) is 5.24. The third kappa shape index (κ3) is 3.10. The molecule has 1 aliphatic carbocycles. The summed E-state index contributed by atoms with van der Waals surface area (Å²) in [6, 6.07) is -0.644. The van der Waals surface area contributed by atoms with Crippen LogP contribution in [0.2, 0.25) is 0 Å². The second kappa shape index (κ2) is 5.16. The van der Waals surface area contributed by atoms with Gasteiger partial charge >= 0.3 is 6.09 Å². The molecule has 0 aromatic rings. The van der Waals surface area contributed by atoms with Crippen LogP contribution in [0.3, 0.4) is 0 Å². The summed E-state index contributed by atoms with van der Waals surface area (Å²) in [6.07, 6.45) is 1.64. The Morgan fingerprint density at radius 3 is 2.38 bits per heavy atom. The Balaban J connectivity index is 2.68. The third-order valence-electron chi connectivity index (χ3n) is 2.89. The second-order valence-corrected chi connectivity index (χ2v) is 4.11. The van der Waals surface area contributed by atoms with E-state index in [0.717, 1.165) is 22.8 Å². The minimum absolute atomic E-state index is 0.320. The average molecular weight is 230 g/mol. The minimum Gasteiger partial charge on any atom is -0.465 e. The van der Waals surface area contributed by atoms with Gasteiger partial charge in [0.05, 0.1) is 7.11 Å². The predicted octanol–water partition coefficient (Wildman–Crippen LogP) is 0.785. The van der Waals surface area contributed by atoms with Gasteiger partial charge < -0.3 is 5.11 Å². The molecular formula is C10H18N2O4. The Kier molecular flexibility index (Phi) is 4.12. The van der Waals surface area contributed by atoms with Crippen LogP contribution in [0.1, 0.15) is 19.3 Å². The van der Waals surface area contributed by atoms with E-state index in [2.05, 4.69) is 0 Å². The molecule has 0 aromatic heterocycles. The topological polar surface area (TPSA) is 70.1 Å². The molecular weight excluding hydrogens is 212 g/mol. The molecule has 0 spiro atoms. The monoisotopic (exact) mass is 230 g/mol. The molecule has 0 heterocycles. The lowest BCUT2D eigenvalue weighted by Gasteiger charge is -2.27. The van der Waals surface area contributed by atoms with Crippen LogP contribution in [0, 0.1) is 5.92 Å². The van der Waals surface area contributed by atoms with Crippen LogP contribution < -0.4 is 0 Å². The van der Waals surface area contributed by atoms with E-state index >= 15 is 0 Å². The molecule has 92 valence electrons. The van der Waals surface area contributed by atoms with Crippen molar-refractivity contribution < 1.29 is 19.5 Å². The zero-order valence-electron chi connectivity index (χ0n) is 9.84. The predicted molar refractivity (Wildman–Crippen MR) is 56.7 cm³/mol. The van der Waals surface area contributed by atoms with Crippen LogP contribution in [0.15, 0.2) is 0 Å². The van der Waals surface area contributed by atoms with Crippen molar-refractivity contribution in [3.63, 3.8) is 0 Å². The summed E-state index contributed by atoms with van der Waals surface area (Å²) in [5.74, 6) is 0.153. The Morgan fingerprint density at radius 1 is 1.44 bits per heavy atom. The smallest absolute Gasteiger partial charge is 0.407 e. The average Bonchev–Trinajstić information content (AvgIpc) is 3.06. The summed E-state index contributed by atoms with van der Waals surface area (Å²) >= 11 is 0. The Bertz CT molecular complexity index is 278. The fourth-order valence-corrected chi connectivity index (χ4v) is 1.53. The van der Waals surface area contributed by atoms with Crippen molar-refractivity contribution in [3.05, 3.63) is 0 Å². The molecule has 1 fully saturated rings. The maximum atomic E-state index is 11.9.